The Kier molecular flexibility index (Phi) is 5.40. The van der Waals surface area contributed by atoms with Crippen molar-refractivity contribution in [1.29, 1.82) is 0 Å². The number of fused-ring (bicyclic) bond motifs is 2. The van der Waals surface area contributed by atoms with Crippen LogP contribution in [0.3, 0.4) is 0 Å². The summed E-state index contributed by atoms with van der Waals surface area (Å²) in [6, 6.07) is 5.19. The molecule has 176 valence electrons. The molecule has 1 saturated heterocycles. The highest BCUT2D eigenvalue weighted by Crippen LogP contribution is 2.40. The number of halogens is 5. The molecule has 1 N–H and O–H groups in total. The van der Waals surface area contributed by atoms with Crippen LogP contribution in [0.15, 0.2) is 34.7 Å². The zero-order chi connectivity index (χ0) is 23.3. The van der Waals surface area contributed by atoms with E-state index in [1.54, 1.807) is 6.07 Å². The van der Waals surface area contributed by atoms with E-state index in [1.165, 1.54) is 12.1 Å². The smallest absolute Gasteiger partial charge is 0.468 e. The van der Waals surface area contributed by atoms with Crippen molar-refractivity contribution in [1.82, 2.24) is 9.88 Å². The number of hydrogen-bond donors (Lipinski definition) is 1. The highest BCUT2D eigenvalue weighted by molar-refractivity contribution is 5.86. The molecule has 0 amide bonds. The van der Waals surface area contributed by atoms with Gasteiger partial charge in [0.25, 0.3) is 0 Å². The molecule has 3 aromatic rings. The highest BCUT2D eigenvalue weighted by atomic mass is 19.4. The maximum atomic E-state index is 14.3. The lowest BCUT2D eigenvalue weighted by molar-refractivity contribution is -0.156. The molecular weight excluding hydrogens is 449 g/mol. The molecule has 1 aromatic heterocycles. The third-order valence-corrected chi connectivity index (χ3v) is 5.85. The predicted molar refractivity (Wildman–Crippen MR) is 108 cm³/mol. The number of alkyl halides is 3. The first-order valence-corrected chi connectivity index (χ1v) is 10.4. The minimum Gasteiger partial charge on any atom is -0.491 e. The van der Waals surface area contributed by atoms with Gasteiger partial charge in [-0.15, -0.1) is 0 Å². The summed E-state index contributed by atoms with van der Waals surface area (Å²) in [6.45, 7) is 3.84. The topological polar surface area (TPSA) is 59.8 Å². The Morgan fingerprint density at radius 3 is 2.70 bits per heavy atom. The van der Waals surface area contributed by atoms with Crippen LogP contribution in [-0.2, 0) is 10.9 Å². The number of anilines is 1. The Labute approximate surface area is 185 Å². The standard InChI is InChI=1S/C22H20F5N3O3/c1-11-9-30(4-5-31-11)17-10-32-18-8-12(23)2-3-14(18)19(17)28-15-6-13(24)7-16-20(15)33-21(29-16)22(25,26)27/h2-3,6-8,11,17,19,28H,4-5,9-10H2,1H3/t11-,17+,19+/m1/s1. The zero-order valence-corrected chi connectivity index (χ0v) is 17.5. The minimum absolute atomic E-state index is 0.0153. The van der Waals surface area contributed by atoms with Crippen LogP contribution in [0.5, 0.6) is 5.75 Å². The van der Waals surface area contributed by atoms with Gasteiger partial charge in [0.05, 0.1) is 30.5 Å². The quantitative estimate of drug-likeness (QED) is 0.559. The highest BCUT2D eigenvalue weighted by Gasteiger charge is 2.40. The van der Waals surface area contributed by atoms with Crippen LogP contribution in [0, 0.1) is 11.6 Å². The molecule has 0 bridgehead atoms. The van der Waals surface area contributed by atoms with Crippen molar-refractivity contribution in [2.75, 3.05) is 31.6 Å². The molecule has 2 aromatic carbocycles. The van der Waals surface area contributed by atoms with Crippen molar-refractivity contribution < 1.29 is 35.8 Å². The molecular formula is C22H20F5N3O3. The van der Waals surface area contributed by atoms with Gasteiger partial charge in [-0.3, -0.25) is 4.90 Å². The van der Waals surface area contributed by atoms with E-state index in [0.29, 0.717) is 31.0 Å². The first-order valence-electron chi connectivity index (χ1n) is 10.4. The molecule has 3 heterocycles. The van der Waals surface area contributed by atoms with Gasteiger partial charge in [-0.2, -0.15) is 13.2 Å². The van der Waals surface area contributed by atoms with E-state index in [4.69, 9.17) is 13.9 Å². The normalized spacial score (nSPS) is 23.9. The van der Waals surface area contributed by atoms with Gasteiger partial charge in [-0.25, -0.2) is 13.8 Å². The van der Waals surface area contributed by atoms with E-state index in [9.17, 15) is 22.0 Å². The van der Waals surface area contributed by atoms with Crippen LogP contribution in [0.4, 0.5) is 27.6 Å². The van der Waals surface area contributed by atoms with Gasteiger partial charge in [0, 0.05) is 36.9 Å². The van der Waals surface area contributed by atoms with Crippen molar-refractivity contribution in [3.05, 3.63) is 53.4 Å². The number of benzene rings is 2. The predicted octanol–water partition coefficient (Wildman–Crippen LogP) is 4.76. The van der Waals surface area contributed by atoms with Crippen molar-refractivity contribution in [3.8, 4) is 5.75 Å². The Bertz CT molecular complexity index is 1180. The summed E-state index contributed by atoms with van der Waals surface area (Å²) in [5.74, 6) is -2.40. The number of rotatable bonds is 3. The SMILES string of the molecule is C[C@@H]1CN([C@H]2COc3cc(F)ccc3[C@@H]2Nc2cc(F)cc3nc(C(F)(F)F)oc23)CCO1. The second-order valence-electron chi connectivity index (χ2n) is 8.18. The van der Waals surface area contributed by atoms with Gasteiger partial charge in [0.15, 0.2) is 5.58 Å². The second kappa shape index (κ2) is 8.14. The van der Waals surface area contributed by atoms with Crippen molar-refractivity contribution in [3.63, 3.8) is 0 Å². The van der Waals surface area contributed by atoms with E-state index < -0.39 is 29.7 Å². The van der Waals surface area contributed by atoms with Crippen molar-refractivity contribution in [2.45, 2.75) is 31.3 Å². The number of nitrogens with zero attached hydrogens (tertiary/aromatic N) is 2. The monoisotopic (exact) mass is 469 g/mol. The summed E-state index contributed by atoms with van der Waals surface area (Å²) in [6.07, 6.45) is -4.85. The maximum Gasteiger partial charge on any atom is 0.468 e. The lowest BCUT2D eigenvalue weighted by atomic mass is 9.94. The van der Waals surface area contributed by atoms with Crippen LogP contribution < -0.4 is 10.1 Å². The first-order chi connectivity index (χ1) is 15.7. The summed E-state index contributed by atoms with van der Waals surface area (Å²) in [4.78, 5) is 5.54. The number of morpholine rings is 1. The fourth-order valence-electron chi connectivity index (χ4n) is 4.40. The van der Waals surface area contributed by atoms with Crippen LogP contribution >= 0.6 is 0 Å². The van der Waals surface area contributed by atoms with E-state index in [2.05, 4.69) is 15.2 Å². The molecule has 2 aliphatic rings. The molecule has 5 rings (SSSR count). The number of nitrogens with one attached hydrogen (secondary N) is 1. The van der Waals surface area contributed by atoms with Crippen LogP contribution in [0.2, 0.25) is 0 Å². The fourth-order valence-corrected chi connectivity index (χ4v) is 4.40. The van der Waals surface area contributed by atoms with Crippen LogP contribution in [0.1, 0.15) is 24.4 Å². The second-order valence-corrected chi connectivity index (χ2v) is 8.18. The first kappa shape index (κ1) is 21.9. The number of ether oxygens (including phenoxy) is 2. The molecule has 0 unspecified atom stereocenters. The summed E-state index contributed by atoms with van der Waals surface area (Å²) in [5, 5.41) is 3.14. The van der Waals surface area contributed by atoms with Gasteiger partial charge in [0.2, 0.25) is 0 Å². The number of oxazole rings is 1. The third-order valence-electron chi connectivity index (χ3n) is 5.85. The Hall–Kier alpha value is -2.92. The van der Waals surface area contributed by atoms with Crippen molar-refractivity contribution in [2.24, 2.45) is 0 Å². The average Bonchev–Trinajstić information content (AvgIpc) is 3.18. The van der Waals surface area contributed by atoms with Crippen LogP contribution in [-0.4, -0.2) is 48.3 Å². The van der Waals surface area contributed by atoms with E-state index >= 15 is 0 Å². The molecule has 3 atom stereocenters. The summed E-state index contributed by atoms with van der Waals surface area (Å²) >= 11 is 0. The zero-order valence-electron chi connectivity index (χ0n) is 17.5. The fraction of sp³-hybridized carbons (Fsp3) is 0.409. The molecule has 0 saturated carbocycles. The van der Waals surface area contributed by atoms with Gasteiger partial charge >= 0.3 is 12.1 Å². The summed E-state index contributed by atoms with van der Waals surface area (Å²) in [5.41, 5.74) is 0.141. The largest absolute Gasteiger partial charge is 0.491 e. The number of hydrogen-bond acceptors (Lipinski definition) is 6. The number of aromatic nitrogens is 1. The molecule has 0 aliphatic carbocycles. The van der Waals surface area contributed by atoms with Crippen molar-refractivity contribution >= 4 is 16.8 Å². The van der Waals surface area contributed by atoms with Crippen LogP contribution in [0.25, 0.3) is 11.1 Å². The van der Waals surface area contributed by atoms with Gasteiger partial charge in [-0.1, -0.05) is 6.07 Å². The average molecular weight is 469 g/mol. The van der Waals surface area contributed by atoms with E-state index in [1.807, 2.05) is 6.92 Å². The maximum absolute atomic E-state index is 14.3. The molecule has 33 heavy (non-hydrogen) atoms. The molecule has 1 fully saturated rings. The third kappa shape index (κ3) is 4.22. The van der Waals surface area contributed by atoms with Gasteiger partial charge in [-0.05, 0) is 13.0 Å². The lowest BCUT2D eigenvalue weighted by Crippen LogP contribution is -2.54. The molecule has 11 heteroatoms. The summed E-state index contributed by atoms with van der Waals surface area (Å²) < 4.78 is 84.0. The lowest BCUT2D eigenvalue weighted by Gasteiger charge is -2.43. The molecule has 2 aliphatic heterocycles. The van der Waals surface area contributed by atoms with E-state index in [-0.39, 0.29) is 35.5 Å². The summed E-state index contributed by atoms with van der Waals surface area (Å²) in [7, 11) is 0. The van der Waals surface area contributed by atoms with E-state index in [0.717, 1.165) is 12.1 Å². The minimum atomic E-state index is -4.82. The Morgan fingerprint density at radius 2 is 1.94 bits per heavy atom. The Balaban J connectivity index is 1.58. The Morgan fingerprint density at radius 1 is 1.12 bits per heavy atom. The van der Waals surface area contributed by atoms with Gasteiger partial charge in [0.1, 0.15) is 29.5 Å². The molecule has 6 nitrogen and oxygen atoms in total. The molecule has 0 spiro atoms. The molecule has 0 radical (unpaired) electrons. The van der Waals surface area contributed by atoms with Gasteiger partial charge < -0.3 is 19.2 Å².